The Morgan fingerprint density at radius 2 is 2.17 bits per heavy atom. The summed E-state index contributed by atoms with van der Waals surface area (Å²) in [6, 6.07) is 7.81. The first-order valence-corrected chi connectivity index (χ1v) is 8.14. The van der Waals surface area contributed by atoms with Gasteiger partial charge >= 0.3 is 0 Å². The first-order valence-electron chi connectivity index (χ1n) is 8.14. The van der Waals surface area contributed by atoms with Gasteiger partial charge in [-0.25, -0.2) is 0 Å². The molecule has 3 rings (SSSR count). The Labute approximate surface area is 142 Å². The molecule has 0 radical (unpaired) electrons. The molecule has 2 aromatic heterocycles. The van der Waals surface area contributed by atoms with Crippen LogP contribution in [0.2, 0.25) is 0 Å². The normalized spacial score (nSPS) is 17.8. The van der Waals surface area contributed by atoms with E-state index in [1.54, 1.807) is 0 Å². The Morgan fingerprint density at radius 3 is 2.83 bits per heavy atom. The van der Waals surface area contributed by atoms with Gasteiger partial charge in [0.25, 0.3) is 5.91 Å². The second kappa shape index (κ2) is 6.65. The van der Waals surface area contributed by atoms with Crippen LogP contribution in [0.1, 0.15) is 28.0 Å². The molecule has 0 spiro atoms. The van der Waals surface area contributed by atoms with E-state index in [2.05, 4.69) is 4.98 Å². The molecule has 0 N–H and O–H groups in total. The zero-order valence-electron chi connectivity index (χ0n) is 14.7. The number of ether oxygens (including phenoxy) is 1. The van der Waals surface area contributed by atoms with Crippen LogP contribution < -0.4 is 4.90 Å². The summed E-state index contributed by atoms with van der Waals surface area (Å²) in [6.07, 6.45) is 1.69. The SMILES string of the molecule is Cc1cc(N(C)C)cc([C@@H]2CN(C(=O)c3cccn3C)CCO2)n1. The largest absolute Gasteiger partial charge is 0.378 e. The Kier molecular flexibility index (Phi) is 4.57. The van der Waals surface area contributed by atoms with Crippen LogP contribution in [0.25, 0.3) is 0 Å². The molecule has 0 saturated carbocycles. The maximum absolute atomic E-state index is 12.7. The third-order valence-electron chi connectivity index (χ3n) is 4.32. The minimum Gasteiger partial charge on any atom is -0.378 e. The van der Waals surface area contributed by atoms with E-state index in [0.29, 0.717) is 25.4 Å². The maximum Gasteiger partial charge on any atom is 0.270 e. The van der Waals surface area contributed by atoms with Gasteiger partial charge in [0.05, 0.1) is 18.8 Å². The lowest BCUT2D eigenvalue weighted by atomic mass is 10.1. The monoisotopic (exact) mass is 328 g/mol. The Morgan fingerprint density at radius 1 is 1.38 bits per heavy atom. The van der Waals surface area contributed by atoms with E-state index >= 15 is 0 Å². The van der Waals surface area contributed by atoms with Crippen molar-refractivity contribution < 1.29 is 9.53 Å². The van der Waals surface area contributed by atoms with E-state index in [1.807, 2.05) is 72.9 Å². The zero-order valence-corrected chi connectivity index (χ0v) is 14.7. The molecule has 1 saturated heterocycles. The van der Waals surface area contributed by atoms with Crippen LogP contribution in [0.15, 0.2) is 30.5 Å². The second-order valence-corrected chi connectivity index (χ2v) is 6.40. The van der Waals surface area contributed by atoms with Crippen molar-refractivity contribution >= 4 is 11.6 Å². The summed E-state index contributed by atoms with van der Waals surface area (Å²) in [4.78, 5) is 21.2. The van der Waals surface area contributed by atoms with Gasteiger partial charge in [0.2, 0.25) is 0 Å². The van der Waals surface area contributed by atoms with Crippen LogP contribution in [-0.4, -0.2) is 54.1 Å². The predicted octanol–water partition coefficient (Wildman–Crippen LogP) is 2.01. The lowest BCUT2D eigenvalue weighted by Crippen LogP contribution is -2.43. The molecule has 0 unspecified atom stereocenters. The van der Waals surface area contributed by atoms with Crippen molar-refractivity contribution in [1.29, 1.82) is 0 Å². The van der Waals surface area contributed by atoms with E-state index in [9.17, 15) is 4.79 Å². The minimum absolute atomic E-state index is 0.0382. The van der Waals surface area contributed by atoms with Crippen LogP contribution in [0.4, 0.5) is 5.69 Å². The van der Waals surface area contributed by atoms with Gasteiger partial charge in [-0.2, -0.15) is 0 Å². The third-order valence-corrected chi connectivity index (χ3v) is 4.32. The zero-order chi connectivity index (χ0) is 17.3. The van der Waals surface area contributed by atoms with Crippen LogP contribution >= 0.6 is 0 Å². The van der Waals surface area contributed by atoms with Gasteiger partial charge in [0.15, 0.2) is 0 Å². The summed E-state index contributed by atoms with van der Waals surface area (Å²) in [5.41, 5.74) is 3.61. The highest BCUT2D eigenvalue weighted by atomic mass is 16.5. The number of anilines is 1. The molecule has 128 valence electrons. The minimum atomic E-state index is -0.193. The number of aromatic nitrogens is 2. The van der Waals surface area contributed by atoms with Crippen molar-refractivity contribution in [2.24, 2.45) is 7.05 Å². The first-order chi connectivity index (χ1) is 11.5. The van der Waals surface area contributed by atoms with E-state index < -0.39 is 0 Å². The van der Waals surface area contributed by atoms with Crippen LogP contribution in [-0.2, 0) is 11.8 Å². The van der Waals surface area contributed by atoms with Crippen LogP contribution in [0, 0.1) is 6.92 Å². The highest BCUT2D eigenvalue weighted by Crippen LogP contribution is 2.25. The van der Waals surface area contributed by atoms with Crippen molar-refractivity contribution in [1.82, 2.24) is 14.5 Å². The summed E-state index contributed by atoms with van der Waals surface area (Å²) in [5.74, 6) is 0.0382. The second-order valence-electron chi connectivity index (χ2n) is 6.40. The Bertz CT molecular complexity index is 738. The van der Waals surface area contributed by atoms with Crippen LogP contribution in [0.5, 0.6) is 0 Å². The van der Waals surface area contributed by atoms with Crippen molar-refractivity contribution in [3.05, 3.63) is 47.5 Å². The molecule has 1 fully saturated rings. The molecular formula is C18H24N4O2. The van der Waals surface area contributed by atoms with E-state index in [1.165, 1.54) is 0 Å². The van der Waals surface area contributed by atoms with Gasteiger partial charge in [-0.1, -0.05) is 0 Å². The molecule has 24 heavy (non-hydrogen) atoms. The molecule has 6 nitrogen and oxygen atoms in total. The van der Waals surface area contributed by atoms with Gasteiger partial charge in [0.1, 0.15) is 11.8 Å². The van der Waals surface area contributed by atoms with Crippen molar-refractivity contribution in [3.63, 3.8) is 0 Å². The molecule has 1 aliphatic heterocycles. The molecule has 2 aromatic rings. The quantitative estimate of drug-likeness (QED) is 0.865. The summed E-state index contributed by atoms with van der Waals surface area (Å²) in [5, 5.41) is 0. The molecule has 0 aromatic carbocycles. The fourth-order valence-electron chi connectivity index (χ4n) is 2.96. The third kappa shape index (κ3) is 3.28. The van der Waals surface area contributed by atoms with E-state index in [4.69, 9.17) is 4.74 Å². The Hall–Kier alpha value is -2.34. The number of rotatable bonds is 3. The highest BCUT2D eigenvalue weighted by Gasteiger charge is 2.28. The predicted molar refractivity (Wildman–Crippen MR) is 93.3 cm³/mol. The van der Waals surface area contributed by atoms with Gasteiger partial charge in [0, 0.05) is 45.3 Å². The number of amides is 1. The number of nitrogens with zero attached hydrogens (tertiary/aromatic N) is 4. The number of hydrogen-bond acceptors (Lipinski definition) is 4. The molecule has 1 atom stereocenters. The summed E-state index contributed by atoms with van der Waals surface area (Å²) in [7, 11) is 5.90. The fraction of sp³-hybridized carbons (Fsp3) is 0.444. The van der Waals surface area contributed by atoms with Gasteiger partial charge in [-0.3, -0.25) is 9.78 Å². The van der Waals surface area contributed by atoms with E-state index in [0.717, 1.165) is 17.1 Å². The average molecular weight is 328 g/mol. The molecule has 1 amide bonds. The molecule has 6 heteroatoms. The molecule has 3 heterocycles. The molecular weight excluding hydrogens is 304 g/mol. The van der Waals surface area contributed by atoms with E-state index in [-0.39, 0.29) is 12.0 Å². The van der Waals surface area contributed by atoms with Crippen molar-refractivity contribution in [2.75, 3.05) is 38.7 Å². The first kappa shape index (κ1) is 16.5. The number of pyridine rings is 1. The number of carbonyl (C=O) groups is 1. The molecule has 0 aliphatic carbocycles. The van der Waals surface area contributed by atoms with Crippen molar-refractivity contribution in [2.45, 2.75) is 13.0 Å². The Balaban J connectivity index is 1.81. The lowest BCUT2D eigenvalue weighted by Gasteiger charge is -2.33. The topological polar surface area (TPSA) is 50.6 Å². The maximum atomic E-state index is 12.7. The summed E-state index contributed by atoms with van der Waals surface area (Å²) in [6.45, 7) is 3.63. The summed E-state index contributed by atoms with van der Waals surface area (Å²) < 4.78 is 7.75. The van der Waals surface area contributed by atoms with Crippen molar-refractivity contribution in [3.8, 4) is 0 Å². The number of aryl methyl sites for hydroxylation is 2. The average Bonchev–Trinajstić information content (AvgIpc) is 2.99. The van der Waals surface area contributed by atoms with Crippen LogP contribution in [0.3, 0.4) is 0 Å². The smallest absolute Gasteiger partial charge is 0.270 e. The van der Waals surface area contributed by atoms with Gasteiger partial charge < -0.3 is 19.1 Å². The number of morpholine rings is 1. The fourth-order valence-corrected chi connectivity index (χ4v) is 2.96. The molecule has 0 bridgehead atoms. The summed E-state index contributed by atoms with van der Waals surface area (Å²) >= 11 is 0. The standard InChI is InChI=1S/C18H24N4O2/c1-13-10-14(20(2)3)11-15(19-13)17-12-22(8-9-24-17)18(23)16-6-5-7-21(16)4/h5-7,10-11,17H,8-9,12H2,1-4H3/t17-/m0/s1. The van der Waals surface area contributed by atoms with Gasteiger partial charge in [-0.15, -0.1) is 0 Å². The molecule has 1 aliphatic rings. The lowest BCUT2D eigenvalue weighted by molar-refractivity contribution is -0.0250. The van der Waals surface area contributed by atoms with Gasteiger partial charge in [-0.05, 0) is 31.2 Å². The highest BCUT2D eigenvalue weighted by molar-refractivity contribution is 5.92. The number of hydrogen-bond donors (Lipinski definition) is 0. The number of carbonyl (C=O) groups excluding carboxylic acids is 1.